The number of hydrogen-bond acceptors (Lipinski definition) is 3. The van der Waals surface area contributed by atoms with E-state index in [1.807, 2.05) is 6.92 Å². The average molecular weight is 306 g/mol. The van der Waals surface area contributed by atoms with Gasteiger partial charge < -0.3 is 20.5 Å². The van der Waals surface area contributed by atoms with Crippen molar-refractivity contribution in [2.75, 3.05) is 11.9 Å². The molecule has 0 radical (unpaired) electrons. The monoisotopic (exact) mass is 306 g/mol. The van der Waals surface area contributed by atoms with Crippen LogP contribution in [0.3, 0.4) is 0 Å². The highest BCUT2D eigenvalue weighted by atomic mass is 16.5. The molecule has 2 rings (SSSR count). The Kier molecular flexibility index (Phi) is 5.25. The normalized spacial score (nSPS) is 16.6. The highest BCUT2D eigenvalue weighted by Crippen LogP contribution is 2.28. The minimum atomic E-state index is -1.15. The van der Waals surface area contributed by atoms with E-state index >= 15 is 0 Å². The van der Waals surface area contributed by atoms with Crippen LogP contribution in [0.4, 0.5) is 10.5 Å². The molecule has 1 aliphatic rings. The molecule has 6 heteroatoms. The van der Waals surface area contributed by atoms with Crippen LogP contribution in [0.25, 0.3) is 0 Å². The number of anilines is 1. The van der Waals surface area contributed by atoms with Crippen LogP contribution >= 0.6 is 0 Å². The molecule has 0 spiro atoms. The van der Waals surface area contributed by atoms with Crippen molar-refractivity contribution in [2.24, 2.45) is 0 Å². The first-order valence-corrected chi connectivity index (χ1v) is 7.61. The molecule has 0 aromatic heterocycles. The van der Waals surface area contributed by atoms with E-state index < -0.39 is 17.5 Å². The van der Waals surface area contributed by atoms with Gasteiger partial charge in [-0.05, 0) is 44.0 Å². The van der Waals surface area contributed by atoms with Gasteiger partial charge in [0.05, 0.1) is 6.61 Å². The van der Waals surface area contributed by atoms with E-state index in [-0.39, 0.29) is 0 Å². The smallest absolute Gasteiger partial charge is 0.329 e. The number of benzene rings is 1. The molecule has 1 aliphatic carbocycles. The first kappa shape index (κ1) is 16.1. The molecular weight excluding hydrogens is 284 g/mol. The lowest BCUT2D eigenvalue weighted by atomic mass is 9.82. The van der Waals surface area contributed by atoms with Crippen LogP contribution < -0.4 is 15.4 Å². The van der Waals surface area contributed by atoms with E-state index in [1.54, 1.807) is 24.3 Å². The molecular formula is C16H22N2O4. The maximum atomic E-state index is 12.1. The van der Waals surface area contributed by atoms with Crippen LogP contribution in [-0.2, 0) is 4.79 Å². The highest BCUT2D eigenvalue weighted by molar-refractivity contribution is 5.94. The van der Waals surface area contributed by atoms with Crippen molar-refractivity contribution < 1.29 is 19.4 Å². The fourth-order valence-corrected chi connectivity index (χ4v) is 2.73. The van der Waals surface area contributed by atoms with E-state index in [0.717, 1.165) is 25.0 Å². The van der Waals surface area contributed by atoms with Gasteiger partial charge in [-0.1, -0.05) is 19.3 Å². The van der Waals surface area contributed by atoms with Crippen molar-refractivity contribution in [3.05, 3.63) is 24.3 Å². The number of aliphatic carboxylic acids is 1. The van der Waals surface area contributed by atoms with Gasteiger partial charge in [-0.15, -0.1) is 0 Å². The van der Waals surface area contributed by atoms with E-state index in [1.165, 1.54) is 0 Å². The van der Waals surface area contributed by atoms with Gasteiger partial charge >= 0.3 is 12.0 Å². The zero-order valence-corrected chi connectivity index (χ0v) is 12.7. The summed E-state index contributed by atoms with van der Waals surface area (Å²) in [5.41, 5.74) is -0.551. The largest absolute Gasteiger partial charge is 0.494 e. The van der Waals surface area contributed by atoms with Crippen molar-refractivity contribution in [1.82, 2.24) is 5.32 Å². The summed E-state index contributed by atoms with van der Waals surface area (Å²) in [4.78, 5) is 23.6. The molecule has 1 saturated carbocycles. The molecule has 2 amide bonds. The summed E-state index contributed by atoms with van der Waals surface area (Å²) in [6.07, 6.45) is 3.58. The van der Waals surface area contributed by atoms with Crippen LogP contribution in [0.15, 0.2) is 24.3 Å². The average Bonchev–Trinajstić information content (AvgIpc) is 2.50. The number of amides is 2. The third kappa shape index (κ3) is 3.90. The zero-order chi connectivity index (χ0) is 16.0. The molecule has 1 aromatic rings. The second-order valence-corrected chi connectivity index (χ2v) is 5.48. The van der Waals surface area contributed by atoms with Crippen molar-refractivity contribution in [1.29, 1.82) is 0 Å². The van der Waals surface area contributed by atoms with Gasteiger partial charge in [-0.25, -0.2) is 9.59 Å². The molecule has 1 aromatic carbocycles. The predicted molar refractivity (Wildman–Crippen MR) is 83.2 cm³/mol. The number of urea groups is 1. The molecule has 0 aliphatic heterocycles. The van der Waals surface area contributed by atoms with Crippen molar-refractivity contribution >= 4 is 17.7 Å². The fraction of sp³-hybridized carbons (Fsp3) is 0.500. The first-order valence-electron chi connectivity index (χ1n) is 7.61. The number of nitrogens with one attached hydrogen (secondary N) is 2. The third-order valence-corrected chi connectivity index (χ3v) is 3.89. The Morgan fingerprint density at radius 3 is 2.36 bits per heavy atom. The summed E-state index contributed by atoms with van der Waals surface area (Å²) in [5.74, 6) is -0.239. The number of rotatable bonds is 5. The van der Waals surface area contributed by atoms with Gasteiger partial charge in [0.15, 0.2) is 0 Å². The summed E-state index contributed by atoms with van der Waals surface area (Å²) in [6.45, 7) is 2.48. The zero-order valence-electron chi connectivity index (χ0n) is 12.7. The molecule has 3 N–H and O–H groups in total. The quantitative estimate of drug-likeness (QED) is 0.780. The van der Waals surface area contributed by atoms with E-state index in [4.69, 9.17) is 4.74 Å². The Labute approximate surface area is 129 Å². The molecule has 1 fully saturated rings. The van der Waals surface area contributed by atoms with Crippen LogP contribution in [0, 0.1) is 0 Å². The molecule has 0 atom stereocenters. The summed E-state index contributed by atoms with van der Waals surface area (Å²) in [6, 6.07) is 6.46. The second kappa shape index (κ2) is 7.15. The molecule has 0 unspecified atom stereocenters. The second-order valence-electron chi connectivity index (χ2n) is 5.48. The Morgan fingerprint density at radius 1 is 1.18 bits per heavy atom. The maximum absolute atomic E-state index is 12.1. The van der Waals surface area contributed by atoms with Gasteiger partial charge in [-0.3, -0.25) is 0 Å². The van der Waals surface area contributed by atoms with Gasteiger partial charge in [0, 0.05) is 5.69 Å². The molecule has 6 nitrogen and oxygen atoms in total. The molecule has 0 saturated heterocycles. The summed E-state index contributed by atoms with van der Waals surface area (Å²) >= 11 is 0. The highest BCUT2D eigenvalue weighted by Gasteiger charge is 2.40. The molecule has 22 heavy (non-hydrogen) atoms. The topological polar surface area (TPSA) is 87.7 Å². The van der Waals surface area contributed by atoms with E-state index in [9.17, 15) is 14.7 Å². The summed E-state index contributed by atoms with van der Waals surface area (Å²) < 4.78 is 5.33. The minimum absolute atomic E-state index is 0.471. The van der Waals surface area contributed by atoms with Gasteiger partial charge in [-0.2, -0.15) is 0 Å². The number of carbonyl (C=O) groups is 2. The fourth-order valence-electron chi connectivity index (χ4n) is 2.73. The van der Waals surface area contributed by atoms with Crippen molar-refractivity contribution in [2.45, 2.75) is 44.6 Å². The number of carboxylic acid groups (broad SMARTS) is 1. The lowest BCUT2D eigenvalue weighted by Gasteiger charge is -2.33. The third-order valence-electron chi connectivity index (χ3n) is 3.89. The Balaban J connectivity index is 1.97. The first-order chi connectivity index (χ1) is 10.6. The van der Waals surface area contributed by atoms with Gasteiger partial charge in [0.2, 0.25) is 0 Å². The van der Waals surface area contributed by atoms with Crippen molar-refractivity contribution in [3.8, 4) is 5.75 Å². The van der Waals surface area contributed by atoms with Gasteiger partial charge in [0.1, 0.15) is 11.3 Å². The van der Waals surface area contributed by atoms with Crippen LogP contribution in [0.2, 0.25) is 0 Å². The van der Waals surface area contributed by atoms with Crippen molar-refractivity contribution in [3.63, 3.8) is 0 Å². The number of carboxylic acids is 1. The van der Waals surface area contributed by atoms with E-state index in [2.05, 4.69) is 10.6 Å². The summed E-state index contributed by atoms with van der Waals surface area (Å²) in [5, 5.41) is 14.7. The van der Waals surface area contributed by atoms with Gasteiger partial charge in [0.25, 0.3) is 0 Å². The summed E-state index contributed by atoms with van der Waals surface area (Å²) in [7, 11) is 0. The SMILES string of the molecule is CCOc1ccc(NC(=O)NC2(C(=O)O)CCCCC2)cc1. The number of hydrogen-bond donors (Lipinski definition) is 3. The van der Waals surface area contributed by atoms with Crippen LogP contribution in [-0.4, -0.2) is 29.3 Å². The Hall–Kier alpha value is -2.24. The Morgan fingerprint density at radius 2 is 1.82 bits per heavy atom. The Bertz CT molecular complexity index is 521. The number of ether oxygens (including phenoxy) is 1. The molecule has 0 heterocycles. The lowest BCUT2D eigenvalue weighted by molar-refractivity contribution is -0.145. The minimum Gasteiger partial charge on any atom is -0.494 e. The molecule has 120 valence electrons. The maximum Gasteiger partial charge on any atom is 0.329 e. The predicted octanol–water partition coefficient (Wildman–Crippen LogP) is 2.99. The van der Waals surface area contributed by atoms with Crippen LogP contribution in [0.5, 0.6) is 5.75 Å². The number of carbonyl (C=O) groups excluding carboxylic acids is 1. The van der Waals surface area contributed by atoms with Crippen LogP contribution in [0.1, 0.15) is 39.0 Å². The standard InChI is InChI=1S/C16H22N2O4/c1-2-22-13-8-6-12(7-9-13)17-15(21)18-16(14(19)20)10-4-3-5-11-16/h6-9H,2-5,10-11H2,1H3,(H,19,20)(H2,17,18,21). The van der Waals surface area contributed by atoms with E-state index in [0.29, 0.717) is 25.1 Å². The lowest BCUT2D eigenvalue weighted by Crippen LogP contribution is -2.56. The molecule has 0 bridgehead atoms.